The van der Waals surface area contributed by atoms with Crippen molar-refractivity contribution in [3.8, 4) is 22.6 Å². The average molecular weight is 471 g/mol. The quantitative estimate of drug-likeness (QED) is 0.373. The number of ether oxygens (including phenoxy) is 1. The minimum atomic E-state index is 0.410. The number of nitrogens with zero attached hydrogens (tertiary/aromatic N) is 4. The molecule has 2 aromatic heterocycles. The molecule has 1 aliphatic carbocycles. The van der Waals surface area contributed by atoms with Crippen molar-refractivity contribution in [2.24, 2.45) is 0 Å². The van der Waals surface area contributed by atoms with Gasteiger partial charge in [0.15, 0.2) is 0 Å². The van der Waals surface area contributed by atoms with E-state index in [4.69, 9.17) is 10.5 Å². The second kappa shape index (κ2) is 10.5. The first kappa shape index (κ1) is 23.3. The Balaban J connectivity index is 1.36. The maximum atomic E-state index is 6.37. The van der Waals surface area contributed by atoms with Crippen molar-refractivity contribution in [1.82, 2.24) is 24.8 Å². The number of likely N-dealkylation sites (N-methyl/N-ethyl adjacent to an activating group) is 1. The van der Waals surface area contributed by atoms with Crippen LogP contribution in [0.5, 0.6) is 11.5 Å². The molecule has 4 aromatic rings. The van der Waals surface area contributed by atoms with Gasteiger partial charge in [0.2, 0.25) is 0 Å². The lowest BCUT2D eigenvalue weighted by molar-refractivity contribution is 0.285. The van der Waals surface area contributed by atoms with Crippen molar-refractivity contribution in [3.05, 3.63) is 67.1 Å². The molecule has 0 amide bonds. The molecule has 1 aliphatic rings. The molecule has 0 atom stereocenters. The van der Waals surface area contributed by atoms with E-state index in [1.807, 2.05) is 42.5 Å². The molecule has 35 heavy (non-hydrogen) atoms. The zero-order chi connectivity index (χ0) is 24.2. The molecule has 0 radical (unpaired) electrons. The lowest BCUT2D eigenvalue weighted by Crippen LogP contribution is -2.37. The number of anilines is 1. The van der Waals surface area contributed by atoms with Crippen LogP contribution >= 0.6 is 0 Å². The van der Waals surface area contributed by atoms with E-state index in [1.54, 1.807) is 6.33 Å². The van der Waals surface area contributed by atoms with E-state index < -0.39 is 0 Å². The number of fused-ring (bicyclic) bond motifs is 1. The smallest absolute Gasteiger partial charge is 0.146 e. The summed E-state index contributed by atoms with van der Waals surface area (Å²) in [5.41, 5.74) is 9.43. The summed E-state index contributed by atoms with van der Waals surface area (Å²) in [5.74, 6) is 2.14. The van der Waals surface area contributed by atoms with Crippen LogP contribution in [0.4, 0.5) is 5.82 Å². The third-order valence-electron chi connectivity index (χ3n) is 6.87. The van der Waals surface area contributed by atoms with E-state index in [2.05, 4.69) is 57.2 Å². The van der Waals surface area contributed by atoms with Crippen molar-refractivity contribution in [2.45, 2.75) is 37.8 Å². The van der Waals surface area contributed by atoms with Gasteiger partial charge in [0.05, 0.1) is 5.39 Å². The fourth-order valence-corrected chi connectivity index (χ4v) is 4.98. The Hall–Kier alpha value is -3.42. The van der Waals surface area contributed by atoms with Gasteiger partial charge in [-0.25, -0.2) is 9.97 Å². The summed E-state index contributed by atoms with van der Waals surface area (Å²) in [6, 6.07) is 19.0. The van der Waals surface area contributed by atoms with E-state index >= 15 is 0 Å². The Morgan fingerprint density at radius 1 is 0.971 bits per heavy atom. The normalized spacial score (nSPS) is 18.3. The van der Waals surface area contributed by atoms with Gasteiger partial charge < -0.3 is 25.3 Å². The standard InChI is InChI=1S/C28H34N6O/c1-33(2)17-16-30-21-10-12-22(13-11-21)34-18-25(26-27(29)31-19-32-28(26)34)20-8-14-24(15-9-20)35-23-6-4-3-5-7-23/h3-9,14-15,18-19,21-22,30H,10-13,16-17H2,1-2H3,(H2,29,31,32)/t21-,22+. The highest BCUT2D eigenvalue weighted by atomic mass is 16.5. The number of nitrogens with two attached hydrogens (primary N) is 1. The first-order valence-corrected chi connectivity index (χ1v) is 12.4. The van der Waals surface area contributed by atoms with Crippen molar-refractivity contribution < 1.29 is 4.74 Å². The van der Waals surface area contributed by atoms with Gasteiger partial charge in [-0.05, 0) is 69.6 Å². The zero-order valence-electron chi connectivity index (χ0n) is 20.5. The second-order valence-electron chi connectivity index (χ2n) is 9.61. The van der Waals surface area contributed by atoms with E-state index in [0.717, 1.165) is 59.6 Å². The Bertz CT molecular complexity index is 1240. The van der Waals surface area contributed by atoms with Crippen LogP contribution in [-0.4, -0.2) is 52.7 Å². The van der Waals surface area contributed by atoms with Gasteiger partial charge in [0, 0.05) is 36.9 Å². The topological polar surface area (TPSA) is 81.2 Å². The predicted molar refractivity (Wildman–Crippen MR) is 142 cm³/mol. The lowest BCUT2D eigenvalue weighted by atomic mass is 9.91. The molecular formula is C28H34N6O. The summed E-state index contributed by atoms with van der Waals surface area (Å²) < 4.78 is 8.30. The van der Waals surface area contributed by atoms with Crippen LogP contribution in [0.3, 0.4) is 0 Å². The molecule has 2 heterocycles. The fraction of sp³-hybridized carbons (Fsp3) is 0.357. The van der Waals surface area contributed by atoms with Gasteiger partial charge in [-0.15, -0.1) is 0 Å². The molecule has 1 fully saturated rings. The van der Waals surface area contributed by atoms with Crippen molar-refractivity contribution >= 4 is 16.9 Å². The maximum Gasteiger partial charge on any atom is 0.146 e. The number of hydrogen-bond donors (Lipinski definition) is 2. The second-order valence-corrected chi connectivity index (χ2v) is 9.61. The van der Waals surface area contributed by atoms with Gasteiger partial charge in [0.25, 0.3) is 0 Å². The van der Waals surface area contributed by atoms with Gasteiger partial charge in [0.1, 0.15) is 29.3 Å². The molecule has 0 saturated heterocycles. The summed E-state index contributed by atoms with van der Waals surface area (Å²) >= 11 is 0. The summed E-state index contributed by atoms with van der Waals surface area (Å²) in [5, 5.41) is 4.64. The molecule has 5 rings (SSSR count). The summed E-state index contributed by atoms with van der Waals surface area (Å²) in [4.78, 5) is 11.2. The van der Waals surface area contributed by atoms with Crippen molar-refractivity contribution in [2.75, 3.05) is 32.9 Å². The Morgan fingerprint density at radius 2 is 1.69 bits per heavy atom. The van der Waals surface area contributed by atoms with Crippen LogP contribution < -0.4 is 15.8 Å². The van der Waals surface area contributed by atoms with Crippen molar-refractivity contribution in [3.63, 3.8) is 0 Å². The minimum absolute atomic E-state index is 0.410. The third-order valence-corrected chi connectivity index (χ3v) is 6.87. The van der Waals surface area contributed by atoms with E-state index in [9.17, 15) is 0 Å². The van der Waals surface area contributed by atoms with Crippen LogP contribution in [0.15, 0.2) is 67.1 Å². The summed E-state index contributed by atoms with van der Waals surface area (Å²) in [6.07, 6.45) is 8.36. The Labute approximate surface area is 206 Å². The van der Waals surface area contributed by atoms with Crippen molar-refractivity contribution in [1.29, 1.82) is 0 Å². The number of rotatable bonds is 8. The van der Waals surface area contributed by atoms with E-state index in [1.165, 1.54) is 12.8 Å². The molecule has 0 bridgehead atoms. The van der Waals surface area contributed by atoms with Crippen LogP contribution in [-0.2, 0) is 0 Å². The summed E-state index contributed by atoms with van der Waals surface area (Å²) in [6.45, 7) is 2.10. The Morgan fingerprint density at radius 3 is 2.40 bits per heavy atom. The average Bonchev–Trinajstić information content (AvgIpc) is 3.26. The van der Waals surface area contributed by atoms with Crippen LogP contribution in [0.25, 0.3) is 22.2 Å². The number of hydrogen-bond acceptors (Lipinski definition) is 6. The minimum Gasteiger partial charge on any atom is -0.457 e. The van der Waals surface area contributed by atoms with E-state index in [-0.39, 0.29) is 0 Å². The highest BCUT2D eigenvalue weighted by Crippen LogP contribution is 2.38. The number of benzene rings is 2. The molecule has 3 N–H and O–H groups in total. The van der Waals surface area contributed by atoms with Gasteiger partial charge >= 0.3 is 0 Å². The molecule has 0 aliphatic heterocycles. The molecular weight excluding hydrogens is 436 g/mol. The molecule has 2 aromatic carbocycles. The lowest BCUT2D eigenvalue weighted by Gasteiger charge is -2.30. The number of nitrogen functional groups attached to an aromatic ring is 1. The van der Waals surface area contributed by atoms with Crippen LogP contribution in [0, 0.1) is 0 Å². The van der Waals surface area contributed by atoms with Crippen LogP contribution in [0.2, 0.25) is 0 Å². The summed E-state index contributed by atoms with van der Waals surface area (Å²) in [7, 11) is 4.23. The van der Waals surface area contributed by atoms with Gasteiger partial charge in [-0.2, -0.15) is 0 Å². The monoisotopic (exact) mass is 470 g/mol. The molecule has 7 heteroatoms. The number of aromatic nitrogens is 3. The van der Waals surface area contributed by atoms with Gasteiger partial charge in [-0.3, -0.25) is 0 Å². The molecule has 0 spiro atoms. The fourth-order valence-electron chi connectivity index (χ4n) is 4.98. The zero-order valence-corrected chi connectivity index (χ0v) is 20.5. The largest absolute Gasteiger partial charge is 0.457 e. The molecule has 0 unspecified atom stereocenters. The molecule has 1 saturated carbocycles. The highest BCUT2D eigenvalue weighted by molar-refractivity contribution is 6.00. The van der Waals surface area contributed by atoms with E-state index in [0.29, 0.717) is 17.9 Å². The molecule has 182 valence electrons. The Kier molecular flexibility index (Phi) is 6.97. The number of nitrogens with one attached hydrogen (secondary N) is 1. The SMILES string of the molecule is CN(C)CCN[C@H]1CC[C@@H](n2cc(-c3ccc(Oc4ccccc4)cc3)c3c(N)ncnc32)CC1. The first-order chi connectivity index (χ1) is 17.1. The molecule has 7 nitrogen and oxygen atoms in total. The first-order valence-electron chi connectivity index (χ1n) is 12.4. The maximum absolute atomic E-state index is 6.37. The third kappa shape index (κ3) is 5.31. The number of para-hydroxylation sites is 1. The highest BCUT2D eigenvalue weighted by Gasteiger charge is 2.25. The van der Waals surface area contributed by atoms with Crippen LogP contribution in [0.1, 0.15) is 31.7 Å². The predicted octanol–water partition coefficient (Wildman–Crippen LogP) is 5.11. The van der Waals surface area contributed by atoms with Gasteiger partial charge in [-0.1, -0.05) is 30.3 Å².